The number of aryl methyl sites for hydroxylation is 1. The Morgan fingerprint density at radius 2 is 2.00 bits per heavy atom. The van der Waals surface area contributed by atoms with E-state index in [9.17, 15) is 14.9 Å². The monoisotopic (exact) mass is 273 g/mol. The first kappa shape index (κ1) is 13.5. The zero-order chi connectivity index (χ0) is 14.5. The van der Waals surface area contributed by atoms with Gasteiger partial charge in [-0.2, -0.15) is 5.10 Å². The highest BCUT2D eigenvalue weighted by atomic mass is 16.6. The van der Waals surface area contributed by atoms with Gasteiger partial charge in [0.1, 0.15) is 11.5 Å². The number of furan rings is 1. The number of benzene rings is 1. The number of amides is 1. The third-order valence-electron chi connectivity index (χ3n) is 2.46. The minimum Gasteiger partial charge on any atom is -0.460 e. The van der Waals surface area contributed by atoms with Crippen LogP contribution in [0.2, 0.25) is 0 Å². The smallest absolute Gasteiger partial charge is 0.271 e. The molecule has 20 heavy (non-hydrogen) atoms. The van der Waals surface area contributed by atoms with E-state index < -0.39 is 10.8 Å². The van der Waals surface area contributed by atoms with Gasteiger partial charge >= 0.3 is 0 Å². The van der Waals surface area contributed by atoms with Crippen LogP contribution in [0.25, 0.3) is 0 Å². The van der Waals surface area contributed by atoms with Crippen LogP contribution >= 0.6 is 0 Å². The number of non-ortho nitro benzene ring substituents is 1. The van der Waals surface area contributed by atoms with Crippen LogP contribution in [0.5, 0.6) is 0 Å². The third-order valence-corrected chi connectivity index (χ3v) is 2.46. The molecule has 0 fully saturated rings. The van der Waals surface area contributed by atoms with Crippen LogP contribution in [0.1, 0.15) is 21.9 Å². The van der Waals surface area contributed by atoms with E-state index in [0.29, 0.717) is 5.76 Å². The minimum absolute atomic E-state index is 0.0730. The zero-order valence-electron chi connectivity index (χ0n) is 10.6. The van der Waals surface area contributed by atoms with Gasteiger partial charge in [-0.3, -0.25) is 14.9 Å². The lowest BCUT2D eigenvalue weighted by atomic mass is 10.2. The van der Waals surface area contributed by atoms with Crippen LogP contribution < -0.4 is 5.43 Å². The number of nitro benzene ring substituents is 1. The van der Waals surface area contributed by atoms with E-state index in [4.69, 9.17) is 4.42 Å². The van der Waals surface area contributed by atoms with E-state index in [1.54, 1.807) is 19.1 Å². The molecule has 0 radical (unpaired) electrons. The first-order valence-electron chi connectivity index (χ1n) is 5.70. The Morgan fingerprint density at radius 3 is 2.55 bits per heavy atom. The standard InChI is InChI=1S/C13H11N3O4/c1-9-2-7-12(20-9)8-14-15-13(17)10-3-5-11(6-4-10)16(18)19/h2-8H,1H3,(H,15,17)/b14-8-. The van der Waals surface area contributed by atoms with Crippen LogP contribution in [0.15, 0.2) is 45.9 Å². The van der Waals surface area contributed by atoms with Crippen molar-refractivity contribution in [1.29, 1.82) is 0 Å². The summed E-state index contributed by atoms with van der Waals surface area (Å²) in [4.78, 5) is 21.7. The van der Waals surface area contributed by atoms with E-state index in [1.807, 2.05) is 0 Å². The second-order valence-corrected chi connectivity index (χ2v) is 3.95. The maximum absolute atomic E-state index is 11.7. The summed E-state index contributed by atoms with van der Waals surface area (Å²) in [7, 11) is 0. The van der Waals surface area contributed by atoms with Crippen molar-refractivity contribution in [2.45, 2.75) is 6.92 Å². The number of carbonyl (C=O) groups excluding carboxylic acids is 1. The lowest BCUT2D eigenvalue weighted by molar-refractivity contribution is -0.384. The average molecular weight is 273 g/mol. The van der Waals surface area contributed by atoms with Crippen LogP contribution in [-0.2, 0) is 0 Å². The molecule has 1 amide bonds. The van der Waals surface area contributed by atoms with Gasteiger partial charge in [0.2, 0.25) is 0 Å². The molecule has 0 atom stereocenters. The number of hydrogen-bond donors (Lipinski definition) is 1. The summed E-state index contributed by atoms with van der Waals surface area (Å²) in [5.74, 6) is 0.805. The molecule has 0 unspecified atom stereocenters. The summed E-state index contributed by atoms with van der Waals surface area (Å²) in [6, 6.07) is 8.74. The molecule has 0 spiro atoms. The number of hydrogen-bond acceptors (Lipinski definition) is 5. The normalized spacial score (nSPS) is 10.7. The minimum atomic E-state index is -0.529. The van der Waals surface area contributed by atoms with E-state index in [-0.39, 0.29) is 11.3 Å². The van der Waals surface area contributed by atoms with Crippen molar-refractivity contribution in [3.05, 3.63) is 63.6 Å². The van der Waals surface area contributed by atoms with Crippen molar-refractivity contribution in [2.24, 2.45) is 5.10 Å². The van der Waals surface area contributed by atoms with E-state index in [0.717, 1.165) is 5.76 Å². The fourth-order valence-corrected chi connectivity index (χ4v) is 1.48. The molecule has 0 bridgehead atoms. The Kier molecular flexibility index (Phi) is 3.90. The van der Waals surface area contributed by atoms with Crippen molar-refractivity contribution in [3.63, 3.8) is 0 Å². The molecular formula is C13H11N3O4. The molecule has 7 heteroatoms. The highest BCUT2D eigenvalue weighted by Gasteiger charge is 2.08. The molecule has 0 aliphatic heterocycles. The number of nitro groups is 1. The molecular weight excluding hydrogens is 262 g/mol. The second kappa shape index (κ2) is 5.79. The van der Waals surface area contributed by atoms with E-state index in [2.05, 4.69) is 10.5 Å². The maximum atomic E-state index is 11.7. The summed E-state index contributed by atoms with van der Waals surface area (Å²) in [6.45, 7) is 1.80. The lowest BCUT2D eigenvalue weighted by Crippen LogP contribution is -2.17. The quantitative estimate of drug-likeness (QED) is 0.524. The highest BCUT2D eigenvalue weighted by molar-refractivity contribution is 5.94. The fraction of sp³-hybridized carbons (Fsp3) is 0.0769. The Balaban J connectivity index is 1.98. The first-order valence-corrected chi connectivity index (χ1v) is 5.70. The van der Waals surface area contributed by atoms with Crippen molar-refractivity contribution < 1.29 is 14.1 Å². The van der Waals surface area contributed by atoms with Gasteiger partial charge in [-0.15, -0.1) is 0 Å². The van der Waals surface area contributed by atoms with Crippen LogP contribution in [0, 0.1) is 17.0 Å². The SMILES string of the molecule is Cc1ccc(/C=N\NC(=O)c2ccc([N+](=O)[O-])cc2)o1. The van der Waals surface area contributed by atoms with Crippen molar-refractivity contribution >= 4 is 17.8 Å². The average Bonchev–Trinajstić information content (AvgIpc) is 2.84. The molecule has 1 aromatic carbocycles. The maximum Gasteiger partial charge on any atom is 0.271 e. The van der Waals surface area contributed by atoms with Gasteiger partial charge in [-0.05, 0) is 31.2 Å². The van der Waals surface area contributed by atoms with Gasteiger partial charge in [-0.25, -0.2) is 5.43 Å². The lowest BCUT2D eigenvalue weighted by Gasteiger charge is -1.98. The predicted octanol–water partition coefficient (Wildman–Crippen LogP) is 2.26. The van der Waals surface area contributed by atoms with Gasteiger partial charge in [0, 0.05) is 17.7 Å². The van der Waals surface area contributed by atoms with Crippen LogP contribution in [0.4, 0.5) is 5.69 Å². The predicted molar refractivity (Wildman–Crippen MR) is 71.6 cm³/mol. The third kappa shape index (κ3) is 3.29. The van der Waals surface area contributed by atoms with Gasteiger partial charge in [-0.1, -0.05) is 0 Å². The van der Waals surface area contributed by atoms with Crippen molar-refractivity contribution in [3.8, 4) is 0 Å². The summed E-state index contributed by atoms with van der Waals surface area (Å²) < 4.78 is 5.24. The van der Waals surface area contributed by atoms with E-state index >= 15 is 0 Å². The van der Waals surface area contributed by atoms with Crippen molar-refractivity contribution in [2.75, 3.05) is 0 Å². The molecule has 1 aromatic heterocycles. The number of hydrazone groups is 1. The summed E-state index contributed by atoms with van der Waals surface area (Å²) in [5, 5.41) is 14.2. The Bertz CT molecular complexity index is 659. The van der Waals surface area contributed by atoms with Crippen LogP contribution in [-0.4, -0.2) is 17.0 Å². The Morgan fingerprint density at radius 1 is 1.30 bits per heavy atom. The first-order chi connectivity index (χ1) is 9.56. The van der Waals surface area contributed by atoms with Crippen LogP contribution in [0.3, 0.4) is 0 Å². The van der Waals surface area contributed by atoms with E-state index in [1.165, 1.54) is 30.5 Å². The Labute approximate surface area is 114 Å². The highest BCUT2D eigenvalue weighted by Crippen LogP contribution is 2.11. The molecule has 1 N–H and O–H groups in total. The molecule has 0 saturated carbocycles. The fourth-order valence-electron chi connectivity index (χ4n) is 1.48. The largest absolute Gasteiger partial charge is 0.460 e. The number of nitrogens with zero attached hydrogens (tertiary/aromatic N) is 2. The molecule has 7 nitrogen and oxygen atoms in total. The van der Waals surface area contributed by atoms with Gasteiger partial charge in [0.25, 0.3) is 11.6 Å². The van der Waals surface area contributed by atoms with Gasteiger partial charge in [0.05, 0.1) is 11.1 Å². The Hall–Kier alpha value is -2.96. The molecule has 1 heterocycles. The zero-order valence-corrected chi connectivity index (χ0v) is 10.6. The molecule has 2 rings (SSSR count). The number of nitrogens with one attached hydrogen (secondary N) is 1. The topological polar surface area (TPSA) is 97.7 Å². The van der Waals surface area contributed by atoms with Gasteiger partial charge < -0.3 is 4.42 Å². The molecule has 0 aliphatic rings. The number of carbonyl (C=O) groups is 1. The molecule has 0 saturated heterocycles. The summed E-state index contributed by atoms with van der Waals surface area (Å²) in [6.07, 6.45) is 1.37. The van der Waals surface area contributed by atoms with Crippen molar-refractivity contribution in [1.82, 2.24) is 5.43 Å². The molecule has 0 aliphatic carbocycles. The summed E-state index contributed by atoms with van der Waals surface area (Å²) >= 11 is 0. The van der Waals surface area contributed by atoms with Gasteiger partial charge in [0.15, 0.2) is 0 Å². The summed E-state index contributed by atoms with van der Waals surface area (Å²) in [5.41, 5.74) is 2.51. The number of rotatable bonds is 4. The molecule has 2 aromatic rings. The second-order valence-electron chi connectivity index (χ2n) is 3.95. The molecule has 102 valence electrons.